The third-order valence-corrected chi connectivity index (χ3v) is 3.25. The highest BCUT2D eigenvalue weighted by molar-refractivity contribution is 6.14. The van der Waals surface area contributed by atoms with Crippen LogP contribution in [0.3, 0.4) is 0 Å². The van der Waals surface area contributed by atoms with Gasteiger partial charge in [-0.1, -0.05) is 12.1 Å². The highest BCUT2D eigenvalue weighted by atomic mass is 16.6. The number of para-hydroxylation sites is 1. The van der Waals surface area contributed by atoms with E-state index >= 15 is 0 Å². The second-order valence-electron chi connectivity index (χ2n) is 4.63. The monoisotopic (exact) mass is 281 g/mol. The average molecular weight is 281 g/mol. The lowest BCUT2D eigenvalue weighted by Crippen LogP contribution is -2.18. The van der Waals surface area contributed by atoms with Crippen molar-refractivity contribution >= 4 is 17.5 Å². The second-order valence-corrected chi connectivity index (χ2v) is 4.63. The molecule has 0 saturated carbocycles. The van der Waals surface area contributed by atoms with E-state index in [4.69, 9.17) is 4.74 Å². The predicted molar refractivity (Wildman–Crippen MR) is 77.3 cm³/mol. The van der Waals surface area contributed by atoms with Crippen LogP contribution < -0.4 is 4.74 Å². The Hall–Kier alpha value is -2.95. The van der Waals surface area contributed by atoms with Crippen LogP contribution in [-0.2, 0) is 0 Å². The van der Waals surface area contributed by atoms with E-state index in [0.717, 1.165) is 5.56 Å². The Bertz CT molecular complexity index is 747. The van der Waals surface area contributed by atoms with Crippen molar-refractivity contribution in [3.05, 3.63) is 75.3 Å². The number of carbonyl (C=O) groups excluding carboxylic acids is 1. The summed E-state index contributed by atoms with van der Waals surface area (Å²) in [7, 11) is 0. The number of hydrogen-bond donors (Lipinski definition) is 0. The van der Waals surface area contributed by atoms with Crippen LogP contribution in [0.15, 0.2) is 54.1 Å². The summed E-state index contributed by atoms with van der Waals surface area (Å²) in [4.78, 5) is 22.5. The van der Waals surface area contributed by atoms with E-state index in [9.17, 15) is 14.9 Å². The van der Waals surface area contributed by atoms with Crippen molar-refractivity contribution < 1.29 is 14.5 Å². The van der Waals surface area contributed by atoms with Crippen LogP contribution in [0.25, 0.3) is 6.08 Å². The van der Waals surface area contributed by atoms with E-state index in [1.807, 2.05) is 6.07 Å². The molecule has 1 heterocycles. The van der Waals surface area contributed by atoms with Crippen molar-refractivity contribution in [3.63, 3.8) is 0 Å². The smallest absolute Gasteiger partial charge is 0.269 e. The van der Waals surface area contributed by atoms with Crippen LogP contribution in [0.2, 0.25) is 0 Å². The molecule has 0 aromatic heterocycles. The second kappa shape index (κ2) is 5.20. The molecule has 0 atom stereocenters. The number of nitro groups is 1. The molecule has 0 aliphatic carbocycles. The molecular weight excluding hydrogens is 270 g/mol. The number of nitro benzene ring substituents is 1. The molecule has 3 rings (SSSR count). The lowest BCUT2D eigenvalue weighted by molar-refractivity contribution is -0.384. The number of non-ortho nitro benzene ring substituents is 1. The summed E-state index contributed by atoms with van der Waals surface area (Å²) in [6.07, 6.45) is 1.70. The van der Waals surface area contributed by atoms with E-state index in [1.165, 1.54) is 12.1 Å². The van der Waals surface area contributed by atoms with E-state index in [1.54, 1.807) is 36.4 Å². The van der Waals surface area contributed by atoms with Gasteiger partial charge in [0.2, 0.25) is 0 Å². The normalized spacial score (nSPS) is 15.4. The highest BCUT2D eigenvalue weighted by Crippen LogP contribution is 2.27. The first-order valence-corrected chi connectivity index (χ1v) is 6.37. The minimum absolute atomic E-state index is 0.0220. The van der Waals surface area contributed by atoms with E-state index in [0.29, 0.717) is 16.9 Å². The van der Waals surface area contributed by atoms with Gasteiger partial charge in [-0.05, 0) is 35.9 Å². The SMILES string of the molecule is O=C1C(=Cc2ccc([N+](=O)[O-])cc2)COc2ccccc21. The molecule has 0 fully saturated rings. The molecule has 0 bridgehead atoms. The highest BCUT2D eigenvalue weighted by Gasteiger charge is 2.22. The van der Waals surface area contributed by atoms with Gasteiger partial charge in [0.25, 0.3) is 5.69 Å². The Morgan fingerprint density at radius 3 is 2.52 bits per heavy atom. The number of ketones is 1. The first-order chi connectivity index (χ1) is 10.1. The third kappa shape index (κ3) is 2.53. The zero-order valence-electron chi connectivity index (χ0n) is 11.0. The van der Waals surface area contributed by atoms with Crippen molar-refractivity contribution in [2.24, 2.45) is 0 Å². The topological polar surface area (TPSA) is 69.4 Å². The van der Waals surface area contributed by atoms with Gasteiger partial charge in [0, 0.05) is 17.7 Å². The van der Waals surface area contributed by atoms with Crippen LogP contribution in [-0.4, -0.2) is 17.3 Å². The number of fused-ring (bicyclic) bond motifs is 1. The van der Waals surface area contributed by atoms with Crippen molar-refractivity contribution in [2.75, 3.05) is 6.61 Å². The summed E-state index contributed by atoms with van der Waals surface area (Å²) in [5.74, 6) is 0.513. The molecule has 104 valence electrons. The predicted octanol–water partition coefficient (Wildman–Crippen LogP) is 3.25. The first-order valence-electron chi connectivity index (χ1n) is 6.37. The van der Waals surface area contributed by atoms with Crippen LogP contribution >= 0.6 is 0 Å². The van der Waals surface area contributed by atoms with Gasteiger partial charge >= 0.3 is 0 Å². The van der Waals surface area contributed by atoms with Gasteiger partial charge in [-0.2, -0.15) is 0 Å². The largest absolute Gasteiger partial charge is 0.488 e. The molecule has 0 spiro atoms. The molecule has 1 aliphatic rings. The van der Waals surface area contributed by atoms with Crippen molar-refractivity contribution in [2.45, 2.75) is 0 Å². The minimum atomic E-state index is -0.456. The fourth-order valence-corrected chi connectivity index (χ4v) is 2.17. The Kier molecular flexibility index (Phi) is 3.23. The van der Waals surface area contributed by atoms with Gasteiger partial charge in [0.1, 0.15) is 12.4 Å². The Morgan fingerprint density at radius 1 is 1.10 bits per heavy atom. The summed E-state index contributed by atoms with van der Waals surface area (Å²) < 4.78 is 5.54. The number of benzene rings is 2. The van der Waals surface area contributed by atoms with Crippen LogP contribution in [0, 0.1) is 10.1 Å². The number of Topliss-reactive ketones (excluding diaryl/α,β-unsaturated/α-hetero) is 1. The van der Waals surface area contributed by atoms with E-state index < -0.39 is 4.92 Å². The lowest BCUT2D eigenvalue weighted by atomic mass is 9.98. The minimum Gasteiger partial charge on any atom is -0.488 e. The summed E-state index contributed by atoms with van der Waals surface area (Å²) in [6, 6.07) is 13.1. The molecule has 0 unspecified atom stereocenters. The van der Waals surface area contributed by atoms with Gasteiger partial charge in [0.05, 0.1) is 10.5 Å². The van der Waals surface area contributed by atoms with Crippen LogP contribution in [0.4, 0.5) is 5.69 Å². The average Bonchev–Trinajstić information content (AvgIpc) is 2.51. The fourth-order valence-electron chi connectivity index (χ4n) is 2.17. The van der Waals surface area contributed by atoms with Crippen molar-refractivity contribution in [3.8, 4) is 5.75 Å². The summed E-state index contributed by atoms with van der Waals surface area (Å²) in [6.45, 7) is 0.201. The quantitative estimate of drug-likeness (QED) is 0.481. The van der Waals surface area contributed by atoms with Gasteiger partial charge in [0.15, 0.2) is 5.78 Å². The molecule has 21 heavy (non-hydrogen) atoms. The van der Waals surface area contributed by atoms with Crippen molar-refractivity contribution in [1.29, 1.82) is 0 Å². The lowest BCUT2D eigenvalue weighted by Gasteiger charge is -2.18. The van der Waals surface area contributed by atoms with Gasteiger partial charge < -0.3 is 4.74 Å². The molecule has 0 saturated heterocycles. The molecule has 0 radical (unpaired) electrons. The standard InChI is InChI=1S/C16H11NO4/c18-16-12(10-21-15-4-2-1-3-14(15)16)9-11-5-7-13(8-6-11)17(19)20/h1-9H,10H2. The number of hydrogen-bond acceptors (Lipinski definition) is 4. The fraction of sp³-hybridized carbons (Fsp3) is 0.0625. The van der Waals surface area contributed by atoms with E-state index in [2.05, 4.69) is 0 Å². The molecule has 5 heteroatoms. The number of ether oxygens (including phenoxy) is 1. The summed E-state index contributed by atoms with van der Waals surface area (Å²) >= 11 is 0. The molecule has 0 N–H and O–H groups in total. The Balaban J connectivity index is 1.91. The summed E-state index contributed by atoms with van der Waals surface area (Å²) in [5, 5.41) is 10.6. The zero-order valence-corrected chi connectivity index (χ0v) is 11.0. The summed E-state index contributed by atoms with van der Waals surface area (Å²) in [5.41, 5.74) is 1.82. The Morgan fingerprint density at radius 2 is 1.81 bits per heavy atom. The maximum atomic E-state index is 12.3. The van der Waals surface area contributed by atoms with Crippen LogP contribution in [0.5, 0.6) is 5.75 Å². The molecule has 5 nitrogen and oxygen atoms in total. The van der Waals surface area contributed by atoms with Gasteiger partial charge in [-0.15, -0.1) is 0 Å². The molecule has 1 aliphatic heterocycles. The van der Waals surface area contributed by atoms with Crippen LogP contribution in [0.1, 0.15) is 15.9 Å². The molecule has 2 aromatic rings. The maximum Gasteiger partial charge on any atom is 0.269 e. The van der Waals surface area contributed by atoms with Gasteiger partial charge in [-0.3, -0.25) is 14.9 Å². The molecule has 0 amide bonds. The molecule has 2 aromatic carbocycles. The van der Waals surface area contributed by atoms with Gasteiger partial charge in [-0.25, -0.2) is 0 Å². The van der Waals surface area contributed by atoms with Crippen molar-refractivity contribution in [1.82, 2.24) is 0 Å². The maximum absolute atomic E-state index is 12.3. The molecular formula is C16H11NO4. The third-order valence-electron chi connectivity index (χ3n) is 3.25. The number of nitrogens with zero attached hydrogens (tertiary/aromatic N) is 1. The zero-order chi connectivity index (χ0) is 14.8. The number of rotatable bonds is 2. The number of carbonyl (C=O) groups is 1. The Labute approximate surface area is 120 Å². The first kappa shape index (κ1) is 13.1. The van der Waals surface area contributed by atoms with E-state index in [-0.39, 0.29) is 18.1 Å².